The zero-order chi connectivity index (χ0) is 12.2. The second-order valence-corrected chi connectivity index (χ2v) is 5.76. The second kappa shape index (κ2) is 5.70. The van der Waals surface area contributed by atoms with Crippen molar-refractivity contribution in [1.29, 1.82) is 0 Å². The van der Waals surface area contributed by atoms with Gasteiger partial charge in [0.15, 0.2) is 0 Å². The van der Waals surface area contributed by atoms with E-state index in [9.17, 15) is 0 Å². The SMILES string of the molecule is C1=CCC(CN2CCCC(c3ccn[nH]3)C2)CC1. The first kappa shape index (κ1) is 12.0. The monoisotopic (exact) mass is 245 g/mol. The summed E-state index contributed by atoms with van der Waals surface area (Å²) in [5, 5.41) is 7.23. The molecule has 1 aliphatic heterocycles. The Morgan fingerprint density at radius 3 is 3.11 bits per heavy atom. The highest BCUT2D eigenvalue weighted by molar-refractivity contribution is 5.07. The maximum absolute atomic E-state index is 4.09. The van der Waals surface area contributed by atoms with E-state index >= 15 is 0 Å². The standard InChI is InChI=1S/C15H23N3/c1-2-5-13(6-3-1)11-18-10-4-7-14(12-18)15-8-9-16-17-15/h1-2,8-9,13-14H,3-7,10-12H2,(H,16,17). The van der Waals surface area contributed by atoms with Crippen molar-refractivity contribution in [3.63, 3.8) is 0 Å². The Labute approximate surface area is 109 Å². The molecular weight excluding hydrogens is 222 g/mol. The summed E-state index contributed by atoms with van der Waals surface area (Å²) in [7, 11) is 0. The van der Waals surface area contributed by atoms with Gasteiger partial charge in [0.05, 0.1) is 0 Å². The third-order valence-corrected chi connectivity index (χ3v) is 4.36. The first-order valence-corrected chi connectivity index (χ1v) is 7.28. The Balaban J connectivity index is 1.55. The lowest BCUT2D eigenvalue weighted by atomic mass is 9.90. The van der Waals surface area contributed by atoms with E-state index in [0.29, 0.717) is 5.92 Å². The van der Waals surface area contributed by atoms with E-state index < -0.39 is 0 Å². The van der Waals surface area contributed by atoms with Crippen molar-refractivity contribution in [3.05, 3.63) is 30.1 Å². The normalized spacial score (nSPS) is 29.6. The summed E-state index contributed by atoms with van der Waals surface area (Å²) < 4.78 is 0. The van der Waals surface area contributed by atoms with Crippen LogP contribution in [0.5, 0.6) is 0 Å². The average molecular weight is 245 g/mol. The molecule has 98 valence electrons. The van der Waals surface area contributed by atoms with Crippen LogP contribution >= 0.6 is 0 Å². The van der Waals surface area contributed by atoms with Crippen molar-refractivity contribution in [2.45, 2.75) is 38.0 Å². The Morgan fingerprint density at radius 2 is 2.33 bits per heavy atom. The summed E-state index contributed by atoms with van der Waals surface area (Å²) in [6.07, 6.45) is 13.1. The van der Waals surface area contributed by atoms with E-state index in [1.165, 1.54) is 57.4 Å². The molecule has 2 atom stereocenters. The van der Waals surface area contributed by atoms with Gasteiger partial charge in [-0.3, -0.25) is 5.10 Å². The molecule has 3 heteroatoms. The molecular formula is C15H23N3. The van der Waals surface area contributed by atoms with Crippen LogP contribution in [-0.2, 0) is 0 Å². The lowest BCUT2D eigenvalue weighted by Gasteiger charge is -2.35. The number of piperidine rings is 1. The molecule has 1 saturated heterocycles. The van der Waals surface area contributed by atoms with E-state index in [0.717, 1.165) is 5.92 Å². The maximum atomic E-state index is 4.09. The quantitative estimate of drug-likeness (QED) is 0.830. The molecule has 2 heterocycles. The van der Waals surface area contributed by atoms with Crippen LogP contribution in [0.4, 0.5) is 0 Å². The molecule has 0 bridgehead atoms. The number of allylic oxidation sites excluding steroid dienone is 2. The number of hydrogen-bond donors (Lipinski definition) is 1. The van der Waals surface area contributed by atoms with Gasteiger partial charge in [-0.15, -0.1) is 0 Å². The molecule has 3 rings (SSSR count). The highest BCUT2D eigenvalue weighted by atomic mass is 15.1. The van der Waals surface area contributed by atoms with Gasteiger partial charge < -0.3 is 4.90 Å². The van der Waals surface area contributed by atoms with Gasteiger partial charge in [-0.1, -0.05) is 12.2 Å². The van der Waals surface area contributed by atoms with Gasteiger partial charge in [-0.25, -0.2) is 0 Å². The minimum Gasteiger partial charge on any atom is -0.302 e. The van der Waals surface area contributed by atoms with E-state index in [1.807, 2.05) is 6.20 Å². The molecule has 3 nitrogen and oxygen atoms in total. The molecule has 1 aromatic rings. The summed E-state index contributed by atoms with van der Waals surface area (Å²) in [4.78, 5) is 2.67. The first-order valence-electron chi connectivity index (χ1n) is 7.28. The average Bonchev–Trinajstić information content (AvgIpc) is 2.94. The van der Waals surface area contributed by atoms with E-state index in [-0.39, 0.29) is 0 Å². The van der Waals surface area contributed by atoms with Gasteiger partial charge in [0, 0.05) is 30.9 Å². The predicted octanol–water partition coefficient (Wildman–Crippen LogP) is 2.95. The van der Waals surface area contributed by atoms with Crippen LogP contribution < -0.4 is 0 Å². The smallest absolute Gasteiger partial charge is 0.0490 e. The van der Waals surface area contributed by atoms with Gasteiger partial charge in [0.2, 0.25) is 0 Å². The number of aromatic amines is 1. The van der Waals surface area contributed by atoms with E-state index in [2.05, 4.69) is 33.3 Å². The summed E-state index contributed by atoms with van der Waals surface area (Å²) in [5.74, 6) is 1.55. The van der Waals surface area contributed by atoms with Crippen molar-refractivity contribution < 1.29 is 0 Å². The molecule has 1 aliphatic carbocycles. The molecule has 1 N–H and O–H groups in total. The summed E-state index contributed by atoms with van der Waals surface area (Å²) in [5.41, 5.74) is 1.32. The number of likely N-dealkylation sites (tertiary alicyclic amines) is 1. The Bertz CT molecular complexity index is 382. The summed E-state index contributed by atoms with van der Waals surface area (Å²) >= 11 is 0. The number of H-pyrrole nitrogens is 1. The predicted molar refractivity (Wildman–Crippen MR) is 73.5 cm³/mol. The van der Waals surface area contributed by atoms with Crippen LogP contribution in [0.15, 0.2) is 24.4 Å². The molecule has 0 saturated carbocycles. The van der Waals surface area contributed by atoms with Crippen LogP contribution in [0, 0.1) is 5.92 Å². The second-order valence-electron chi connectivity index (χ2n) is 5.76. The lowest BCUT2D eigenvalue weighted by Crippen LogP contribution is -2.38. The van der Waals surface area contributed by atoms with Crippen LogP contribution in [0.3, 0.4) is 0 Å². The van der Waals surface area contributed by atoms with Crippen LogP contribution in [-0.4, -0.2) is 34.7 Å². The zero-order valence-corrected chi connectivity index (χ0v) is 11.0. The number of aromatic nitrogens is 2. The molecule has 0 radical (unpaired) electrons. The van der Waals surface area contributed by atoms with E-state index in [1.54, 1.807) is 0 Å². The fourth-order valence-electron chi connectivity index (χ4n) is 3.36. The largest absolute Gasteiger partial charge is 0.302 e. The summed E-state index contributed by atoms with van der Waals surface area (Å²) in [6.45, 7) is 3.78. The van der Waals surface area contributed by atoms with Gasteiger partial charge in [-0.2, -0.15) is 5.10 Å². The molecule has 0 spiro atoms. The Morgan fingerprint density at radius 1 is 1.33 bits per heavy atom. The summed E-state index contributed by atoms with van der Waals surface area (Å²) in [6, 6.07) is 2.14. The topological polar surface area (TPSA) is 31.9 Å². The minimum atomic E-state index is 0.667. The molecule has 1 aromatic heterocycles. The van der Waals surface area contributed by atoms with E-state index in [4.69, 9.17) is 0 Å². The van der Waals surface area contributed by atoms with Crippen molar-refractivity contribution in [3.8, 4) is 0 Å². The van der Waals surface area contributed by atoms with Crippen molar-refractivity contribution in [2.24, 2.45) is 5.92 Å². The van der Waals surface area contributed by atoms with Crippen LogP contribution in [0.25, 0.3) is 0 Å². The molecule has 2 unspecified atom stereocenters. The minimum absolute atomic E-state index is 0.667. The zero-order valence-electron chi connectivity index (χ0n) is 11.0. The molecule has 0 amide bonds. The van der Waals surface area contributed by atoms with Crippen LogP contribution in [0.2, 0.25) is 0 Å². The van der Waals surface area contributed by atoms with Crippen molar-refractivity contribution in [1.82, 2.24) is 15.1 Å². The number of hydrogen-bond acceptors (Lipinski definition) is 2. The lowest BCUT2D eigenvalue weighted by molar-refractivity contribution is 0.172. The molecule has 18 heavy (non-hydrogen) atoms. The van der Waals surface area contributed by atoms with Gasteiger partial charge in [-0.05, 0) is 50.6 Å². The number of nitrogens with zero attached hydrogens (tertiary/aromatic N) is 2. The van der Waals surface area contributed by atoms with Crippen LogP contribution in [0.1, 0.15) is 43.7 Å². The molecule has 0 aromatic carbocycles. The molecule has 1 fully saturated rings. The van der Waals surface area contributed by atoms with Crippen molar-refractivity contribution >= 4 is 0 Å². The third-order valence-electron chi connectivity index (χ3n) is 4.36. The van der Waals surface area contributed by atoms with Gasteiger partial charge in [0.25, 0.3) is 0 Å². The number of rotatable bonds is 3. The van der Waals surface area contributed by atoms with Gasteiger partial charge >= 0.3 is 0 Å². The Kier molecular flexibility index (Phi) is 3.79. The first-order chi connectivity index (χ1) is 8.92. The Hall–Kier alpha value is -1.09. The third kappa shape index (κ3) is 2.83. The highest BCUT2D eigenvalue weighted by Gasteiger charge is 2.24. The fraction of sp³-hybridized carbons (Fsp3) is 0.667. The van der Waals surface area contributed by atoms with Crippen molar-refractivity contribution in [2.75, 3.05) is 19.6 Å². The fourth-order valence-corrected chi connectivity index (χ4v) is 3.36. The highest BCUT2D eigenvalue weighted by Crippen LogP contribution is 2.27. The maximum Gasteiger partial charge on any atom is 0.0490 e. The molecule has 2 aliphatic rings. The van der Waals surface area contributed by atoms with Gasteiger partial charge in [0.1, 0.15) is 0 Å². The number of nitrogens with one attached hydrogen (secondary N) is 1.